The molecule has 0 bridgehead atoms. The second-order valence-corrected chi connectivity index (χ2v) is 5.08. The highest BCUT2D eigenvalue weighted by Gasteiger charge is 2.18. The maximum absolute atomic E-state index is 12.0. The standard InChI is InChI=1S/C16H14ClNO5/c1-11-14(6-3-7-15(11)18(20)21)16(19)23-9-8-22-13-5-2-4-12(17)10-13/h2-7,10H,8-9H2,1H3. The Labute approximate surface area is 137 Å². The third-order valence-corrected chi connectivity index (χ3v) is 3.34. The van der Waals surface area contributed by atoms with Crippen LogP contribution in [0.2, 0.25) is 5.02 Å². The Hall–Kier alpha value is -2.60. The van der Waals surface area contributed by atoms with Crippen molar-refractivity contribution in [2.24, 2.45) is 0 Å². The van der Waals surface area contributed by atoms with Gasteiger partial charge in [0, 0.05) is 16.7 Å². The van der Waals surface area contributed by atoms with Crippen molar-refractivity contribution in [3.8, 4) is 5.75 Å². The highest BCUT2D eigenvalue weighted by atomic mass is 35.5. The van der Waals surface area contributed by atoms with Crippen molar-refractivity contribution in [3.05, 3.63) is 68.7 Å². The molecule has 120 valence electrons. The average molecular weight is 336 g/mol. The fourth-order valence-electron chi connectivity index (χ4n) is 1.97. The summed E-state index contributed by atoms with van der Waals surface area (Å²) in [6.07, 6.45) is 0. The Balaban J connectivity index is 1.90. The highest BCUT2D eigenvalue weighted by Crippen LogP contribution is 2.21. The van der Waals surface area contributed by atoms with Gasteiger partial charge in [-0.2, -0.15) is 0 Å². The minimum Gasteiger partial charge on any atom is -0.490 e. The topological polar surface area (TPSA) is 78.7 Å². The molecular formula is C16H14ClNO5. The fraction of sp³-hybridized carbons (Fsp3) is 0.188. The number of nitro groups is 1. The number of benzene rings is 2. The lowest BCUT2D eigenvalue weighted by Crippen LogP contribution is -2.13. The molecule has 0 aliphatic carbocycles. The number of esters is 1. The Kier molecular flexibility index (Phi) is 5.54. The molecule has 0 saturated carbocycles. The smallest absolute Gasteiger partial charge is 0.338 e. The van der Waals surface area contributed by atoms with E-state index in [1.54, 1.807) is 24.3 Å². The lowest BCUT2D eigenvalue weighted by molar-refractivity contribution is -0.385. The average Bonchev–Trinajstić information content (AvgIpc) is 2.51. The third-order valence-electron chi connectivity index (χ3n) is 3.10. The summed E-state index contributed by atoms with van der Waals surface area (Å²) in [7, 11) is 0. The normalized spacial score (nSPS) is 10.2. The van der Waals surface area contributed by atoms with Crippen molar-refractivity contribution in [3.63, 3.8) is 0 Å². The number of ether oxygens (including phenoxy) is 2. The van der Waals surface area contributed by atoms with Crippen molar-refractivity contribution in [2.75, 3.05) is 13.2 Å². The molecule has 6 nitrogen and oxygen atoms in total. The van der Waals surface area contributed by atoms with Gasteiger partial charge in [0.05, 0.1) is 10.5 Å². The van der Waals surface area contributed by atoms with Crippen LogP contribution in [0.25, 0.3) is 0 Å². The highest BCUT2D eigenvalue weighted by molar-refractivity contribution is 6.30. The number of halogens is 1. The third kappa shape index (κ3) is 4.43. The molecule has 2 rings (SSSR count). The monoisotopic (exact) mass is 335 g/mol. The Morgan fingerprint density at radius 2 is 1.96 bits per heavy atom. The zero-order valence-electron chi connectivity index (χ0n) is 12.3. The zero-order chi connectivity index (χ0) is 16.8. The molecule has 23 heavy (non-hydrogen) atoms. The molecular weight excluding hydrogens is 322 g/mol. The molecule has 0 radical (unpaired) electrons. The molecule has 7 heteroatoms. The Bertz CT molecular complexity index is 732. The van der Waals surface area contributed by atoms with Crippen LogP contribution in [-0.2, 0) is 4.74 Å². The van der Waals surface area contributed by atoms with Gasteiger partial charge in [-0.05, 0) is 31.2 Å². The number of rotatable bonds is 6. The van der Waals surface area contributed by atoms with Crippen LogP contribution in [0.1, 0.15) is 15.9 Å². The number of nitro benzene ring substituents is 1. The van der Waals surface area contributed by atoms with E-state index in [9.17, 15) is 14.9 Å². The molecule has 2 aromatic carbocycles. The van der Waals surface area contributed by atoms with E-state index in [-0.39, 0.29) is 30.0 Å². The predicted molar refractivity (Wildman–Crippen MR) is 85.1 cm³/mol. The first-order valence-electron chi connectivity index (χ1n) is 6.78. The van der Waals surface area contributed by atoms with Crippen molar-refractivity contribution >= 4 is 23.3 Å². The van der Waals surface area contributed by atoms with Crippen LogP contribution in [0.15, 0.2) is 42.5 Å². The van der Waals surface area contributed by atoms with Gasteiger partial charge in [0.25, 0.3) is 5.69 Å². The van der Waals surface area contributed by atoms with E-state index in [0.29, 0.717) is 10.8 Å². The number of carbonyl (C=O) groups excluding carboxylic acids is 1. The quantitative estimate of drug-likeness (QED) is 0.347. The summed E-state index contributed by atoms with van der Waals surface area (Å²) in [6.45, 7) is 1.69. The number of hydrogen-bond donors (Lipinski definition) is 0. The van der Waals surface area contributed by atoms with Gasteiger partial charge in [0.2, 0.25) is 0 Å². The van der Waals surface area contributed by atoms with Gasteiger partial charge in [0.1, 0.15) is 19.0 Å². The largest absolute Gasteiger partial charge is 0.490 e. The molecule has 0 saturated heterocycles. The van der Waals surface area contributed by atoms with Crippen LogP contribution in [0.3, 0.4) is 0 Å². The van der Waals surface area contributed by atoms with Gasteiger partial charge in [0.15, 0.2) is 0 Å². The van der Waals surface area contributed by atoms with E-state index >= 15 is 0 Å². The first kappa shape index (κ1) is 16.8. The Morgan fingerprint density at radius 3 is 2.65 bits per heavy atom. The van der Waals surface area contributed by atoms with E-state index in [4.69, 9.17) is 21.1 Å². The van der Waals surface area contributed by atoms with Gasteiger partial charge in [-0.15, -0.1) is 0 Å². The summed E-state index contributed by atoms with van der Waals surface area (Å²) < 4.78 is 10.5. The number of nitrogens with zero attached hydrogens (tertiary/aromatic N) is 1. The summed E-state index contributed by atoms with van der Waals surface area (Å²) in [4.78, 5) is 22.3. The number of carbonyl (C=O) groups is 1. The maximum Gasteiger partial charge on any atom is 0.338 e. The summed E-state index contributed by atoms with van der Waals surface area (Å²) in [5.41, 5.74) is 0.329. The van der Waals surface area contributed by atoms with Crippen LogP contribution < -0.4 is 4.74 Å². The molecule has 0 N–H and O–H groups in total. The van der Waals surface area contributed by atoms with E-state index in [2.05, 4.69) is 0 Å². The van der Waals surface area contributed by atoms with Gasteiger partial charge < -0.3 is 9.47 Å². The molecule has 2 aromatic rings. The lowest BCUT2D eigenvalue weighted by atomic mass is 10.1. The summed E-state index contributed by atoms with van der Waals surface area (Å²) in [5.74, 6) is -0.0547. The van der Waals surface area contributed by atoms with Crippen molar-refractivity contribution in [1.29, 1.82) is 0 Å². The molecule has 0 fully saturated rings. The van der Waals surface area contributed by atoms with Crippen LogP contribution in [0, 0.1) is 17.0 Å². The Morgan fingerprint density at radius 1 is 1.22 bits per heavy atom. The molecule has 0 atom stereocenters. The minimum absolute atomic E-state index is 0.0213. The van der Waals surface area contributed by atoms with Gasteiger partial charge in [-0.25, -0.2) is 4.79 Å². The van der Waals surface area contributed by atoms with E-state index in [0.717, 1.165) is 0 Å². The molecule has 0 aromatic heterocycles. The van der Waals surface area contributed by atoms with Gasteiger partial charge >= 0.3 is 5.97 Å². The van der Waals surface area contributed by atoms with Crippen molar-refractivity contribution in [2.45, 2.75) is 6.92 Å². The molecule has 0 aliphatic heterocycles. The van der Waals surface area contributed by atoms with Crippen LogP contribution in [0.4, 0.5) is 5.69 Å². The number of hydrogen-bond acceptors (Lipinski definition) is 5. The van der Waals surface area contributed by atoms with Crippen LogP contribution in [-0.4, -0.2) is 24.1 Å². The second kappa shape index (κ2) is 7.60. The molecule has 0 spiro atoms. The zero-order valence-corrected chi connectivity index (χ0v) is 13.1. The van der Waals surface area contributed by atoms with Gasteiger partial charge in [-0.3, -0.25) is 10.1 Å². The fourth-order valence-corrected chi connectivity index (χ4v) is 2.15. The first-order chi connectivity index (χ1) is 11.0. The van der Waals surface area contributed by atoms with Gasteiger partial charge in [-0.1, -0.05) is 23.7 Å². The molecule has 0 unspecified atom stereocenters. The summed E-state index contributed by atoms with van der Waals surface area (Å²) in [6, 6.07) is 11.1. The van der Waals surface area contributed by atoms with Crippen LogP contribution in [0.5, 0.6) is 5.75 Å². The molecule has 0 amide bonds. The van der Waals surface area contributed by atoms with E-state index in [1.807, 2.05) is 0 Å². The van der Waals surface area contributed by atoms with E-state index in [1.165, 1.54) is 25.1 Å². The van der Waals surface area contributed by atoms with Crippen LogP contribution >= 0.6 is 11.6 Å². The van der Waals surface area contributed by atoms with E-state index < -0.39 is 10.9 Å². The summed E-state index contributed by atoms with van der Waals surface area (Å²) in [5, 5.41) is 11.4. The molecule has 0 heterocycles. The lowest BCUT2D eigenvalue weighted by Gasteiger charge is -2.09. The summed E-state index contributed by atoms with van der Waals surface area (Å²) >= 11 is 5.83. The second-order valence-electron chi connectivity index (χ2n) is 4.65. The first-order valence-corrected chi connectivity index (χ1v) is 7.16. The minimum atomic E-state index is -0.624. The van der Waals surface area contributed by atoms with Crippen molar-refractivity contribution in [1.82, 2.24) is 0 Å². The predicted octanol–water partition coefficient (Wildman–Crippen LogP) is 3.79. The maximum atomic E-state index is 12.0. The SMILES string of the molecule is Cc1c(C(=O)OCCOc2cccc(Cl)c2)cccc1[N+](=O)[O-]. The van der Waals surface area contributed by atoms with Crippen molar-refractivity contribution < 1.29 is 19.2 Å². The molecule has 0 aliphatic rings.